The normalized spacial score (nSPS) is 19.4. The largest absolute Gasteiger partial charge is 0.612 e. The molecule has 1 aromatic carbocycles. The third-order valence-corrected chi connectivity index (χ3v) is 5.59. The second-order valence-electron chi connectivity index (χ2n) is 7.12. The number of hydrogen-bond donors (Lipinski definition) is 2. The van der Waals surface area contributed by atoms with E-state index in [9.17, 15) is 14.5 Å². The van der Waals surface area contributed by atoms with Gasteiger partial charge in [-0.2, -0.15) is 0 Å². The van der Waals surface area contributed by atoms with Crippen LogP contribution in [0.25, 0.3) is 0 Å². The molecule has 1 amide bonds. The number of nitrogens with one attached hydrogen (secondary N) is 1. The highest BCUT2D eigenvalue weighted by Crippen LogP contribution is 2.29. The van der Waals surface area contributed by atoms with Crippen LogP contribution in [0.4, 0.5) is 16.4 Å². The summed E-state index contributed by atoms with van der Waals surface area (Å²) in [7, 11) is 0. The molecule has 9 heteroatoms. The molecule has 2 atom stereocenters. The average molecular weight is 404 g/mol. The molecule has 0 saturated carbocycles. The van der Waals surface area contributed by atoms with E-state index in [4.69, 9.17) is 4.74 Å². The molecule has 2 unspecified atom stereocenters. The van der Waals surface area contributed by atoms with E-state index in [1.165, 1.54) is 4.90 Å². The molecular weight excluding hydrogens is 380 g/mol. The monoisotopic (exact) mass is 404 g/mol. The first-order valence-electron chi connectivity index (χ1n) is 8.94. The van der Waals surface area contributed by atoms with Crippen molar-refractivity contribution in [3.05, 3.63) is 42.2 Å². The highest BCUT2D eigenvalue weighted by atomic mass is 32.2. The first-order valence-corrected chi connectivity index (χ1v) is 10.5. The predicted molar refractivity (Wildman–Crippen MR) is 106 cm³/mol. The van der Waals surface area contributed by atoms with E-state index >= 15 is 0 Å². The van der Waals surface area contributed by atoms with Crippen molar-refractivity contribution in [3.63, 3.8) is 0 Å². The van der Waals surface area contributed by atoms with Crippen LogP contribution in [0.2, 0.25) is 0 Å². The van der Waals surface area contributed by atoms with Crippen molar-refractivity contribution in [2.45, 2.75) is 43.4 Å². The molecule has 2 N–H and O–H groups in total. The van der Waals surface area contributed by atoms with Crippen LogP contribution in [-0.4, -0.2) is 55.2 Å². The molecule has 150 valence electrons. The Kier molecular flexibility index (Phi) is 6.07. The molecule has 0 bridgehead atoms. The molecule has 1 aromatic heterocycles. The number of ether oxygens (including phenoxy) is 1. The van der Waals surface area contributed by atoms with Crippen molar-refractivity contribution in [1.29, 1.82) is 0 Å². The van der Waals surface area contributed by atoms with Crippen LogP contribution in [0.3, 0.4) is 0 Å². The van der Waals surface area contributed by atoms with Gasteiger partial charge < -0.3 is 19.7 Å². The van der Waals surface area contributed by atoms with Crippen molar-refractivity contribution < 1.29 is 19.2 Å². The van der Waals surface area contributed by atoms with Crippen LogP contribution in [0.1, 0.15) is 25.8 Å². The summed E-state index contributed by atoms with van der Waals surface area (Å²) in [4.78, 5) is 21.8. The minimum Gasteiger partial charge on any atom is -0.612 e. The van der Waals surface area contributed by atoms with Gasteiger partial charge in [0.15, 0.2) is 4.90 Å². The number of amides is 1. The molecule has 1 saturated heterocycles. The maximum atomic E-state index is 11.5. The van der Waals surface area contributed by atoms with Gasteiger partial charge in [-0.3, -0.25) is 4.90 Å². The Balaban J connectivity index is 1.57. The van der Waals surface area contributed by atoms with Gasteiger partial charge in [-0.05, 0) is 55.6 Å². The van der Waals surface area contributed by atoms with Gasteiger partial charge >= 0.3 is 6.09 Å². The summed E-state index contributed by atoms with van der Waals surface area (Å²) >= 11 is -1.10. The Morgan fingerprint density at radius 2 is 2.00 bits per heavy atom. The van der Waals surface area contributed by atoms with Gasteiger partial charge in [0.25, 0.3) is 0 Å². The molecule has 1 fully saturated rings. The molecule has 2 heterocycles. The lowest BCUT2D eigenvalue weighted by molar-refractivity contribution is -0.0421. The Hall–Kier alpha value is -2.36. The molecule has 0 radical (unpaired) electrons. The van der Waals surface area contributed by atoms with Crippen LogP contribution in [0.15, 0.2) is 41.6 Å². The summed E-state index contributed by atoms with van der Waals surface area (Å²) < 4.78 is 17.0. The number of benzene rings is 1. The third kappa shape index (κ3) is 4.73. The number of aromatic nitrogens is 2. The average Bonchev–Trinajstić information content (AvgIpc) is 2.96. The number of carboxylic acid groups (broad SMARTS) is 1. The lowest BCUT2D eigenvalue weighted by Crippen LogP contribution is -2.47. The van der Waals surface area contributed by atoms with Crippen LogP contribution in [0.5, 0.6) is 0 Å². The van der Waals surface area contributed by atoms with Crippen molar-refractivity contribution in [3.8, 4) is 0 Å². The number of rotatable bonds is 6. The maximum Gasteiger partial charge on any atom is 0.409 e. The molecule has 1 aliphatic heterocycles. The maximum absolute atomic E-state index is 11.5. The topological polar surface area (TPSA) is 111 Å². The quantitative estimate of drug-likeness (QED) is 0.712. The van der Waals surface area contributed by atoms with Gasteiger partial charge in [0.2, 0.25) is 5.95 Å². The standard InChI is InChI=1S/C19H24N4O4S/c1-19(2)23(18(24)25)15(12-27-19)9-6-13-4-7-14(8-5-13)22-17-20-10-16(11-21-17)28(3)26/h4-5,7-8,10-11,15H,6,9,12H2,1-3H3,(H,24,25)(H,20,21,22). The van der Waals surface area contributed by atoms with E-state index in [0.717, 1.165) is 17.7 Å². The van der Waals surface area contributed by atoms with Crippen molar-refractivity contribution >= 4 is 28.9 Å². The molecule has 3 rings (SSSR count). The second-order valence-corrected chi connectivity index (χ2v) is 8.50. The van der Waals surface area contributed by atoms with Crippen molar-refractivity contribution in [1.82, 2.24) is 14.9 Å². The van der Waals surface area contributed by atoms with E-state index in [2.05, 4.69) is 15.3 Å². The summed E-state index contributed by atoms with van der Waals surface area (Å²) in [6.45, 7) is 3.96. The fourth-order valence-electron chi connectivity index (χ4n) is 3.23. The Labute approximate surface area is 167 Å². The second kappa shape index (κ2) is 8.34. The van der Waals surface area contributed by atoms with Crippen LogP contribution in [-0.2, 0) is 22.3 Å². The van der Waals surface area contributed by atoms with E-state index in [0.29, 0.717) is 23.9 Å². The number of aryl methyl sites for hydroxylation is 1. The van der Waals surface area contributed by atoms with E-state index in [1.807, 2.05) is 24.3 Å². The summed E-state index contributed by atoms with van der Waals surface area (Å²) in [5, 5.41) is 12.5. The zero-order valence-electron chi connectivity index (χ0n) is 16.1. The minimum absolute atomic E-state index is 0.152. The van der Waals surface area contributed by atoms with E-state index < -0.39 is 23.0 Å². The molecule has 1 aliphatic rings. The zero-order valence-corrected chi connectivity index (χ0v) is 16.9. The number of carbonyl (C=O) groups is 1. The van der Waals surface area contributed by atoms with Gasteiger partial charge in [-0.25, -0.2) is 14.8 Å². The number of nitrogens with zero attached hydrogens (tertiary/aromatic N) is 3. The molecular formula is C19H24N4O4S. The van der Waals surface area contributed by atoms with Gasteiger partial charge in [-0.1, -0.05) is 12.1 Å². The minimum atomic E-state index is -1.10. The highest BCUT2D eigenvalue weighted by Gasteiger charge is 2.43. The fraction of sp³-hybridized carbons (Fsp3) is 0.421. The van der Waals surface area contributed by atoms with Crippen LogP contribution in [0, 0.1) is 0 Å². The Bertz CT molecular complexity index is 812. The van der Waals surface area contributed by atoms with Crippen LogP contribution < -0.4 is 5.32 Å². The highest BCUT2D eigenvalue weighted by molar-refractivity contribution is 7.90. The molecule has 28 heavy (non-hydrogen) atoms. The molecule has 0 aliphatic carbocycles. The van der Waals surface area contributed by atoms with Gasteiger partial charge in [0.1, 0.15) is 12.0 Å². The molecule has 2 aromatic rings. The SMILES string of the molecule is C[S+]([O-])c1cnc(Nc2ccc(CCC3COC(C)(C)N3C(=O)O)cc2)nc1. The zero-order chi connectivity index (χ0) is 20.3. The summed E-state index contributed by atoms with van der Waals surface area (Å²) in [6, 6.07) is 7.68. The van der Waals surface area contributed by atoms with Crippen molar-refractivity contribution in [2.75, 3.05) is 18.2 Å². The summed E-state index contributed by atoms with van der Waals surface area (Å²) in [5.74, 6) is 0.435. The first-order chi connectivity index (χ1) is 13.3. The first kappa shape index (κ1) is 20.4. The van der Waals surface area contributed by atoms with Crippen LogP contribution >= 0.6 is 0 Å². The van der Waals surface area contributed by atoms with Gasteiger partial charge in [0, 0.05) is 5.69 Å². The predicted octanol–water partition coefficient (Wildman–Crippen LogP) is 3.01. The van der Waals surface area contributed by atoms with E-state index in [-0.39, 0.29) is 6.04 Å². The van der Waals surface area contributed by atoms with Gasteiger partial charge in [-0.15, -0.1) is 0 Å². The number of anilines is 2. The summed E-state index contributed by atoms with van der Waals surface area (Å²) in [6.07, 6.45) is 5.16. The lowest BCUT2D eigenvalue weighted by atomic mass is 10.0. The third-order valence-electron chi connectivity index (χ3n) is 4.72. The van der Waals surface area contributed by atoms with Crippen molar-refractivity contribution in [2.24, 2.45) is 0 Å². The lowest BCUT2D eigenvalue weighted by Gasteiger charge is -2.30. The smallest absolute Gasteiger partial charge is 0.409 e. The number of hydrogen-bond acceptors (Lipinski definition) is 6. The summed E-state index contributed by atoms with van der Waals surface area (Å²) in [5.41, 5.74) is 1.16. The fourth-order valence-corrected chi connectivity index (χ4v) is 3.63. The molecule has 8 nitrogen and oxygen atoms in total. The molecule has 0 spiro atoms. The Morgan fingerprint density at radius 3 is 2.57 bits per heavy atom. The van der Waals surface area contributed by atoms with Gasteiger partial charge in [0.05, 0.1) is 25.0 Å². The van der Waals surface area contributed by atoms with E-state index in [1.54, 1.807) is 32.5 Å². The Morgan fingerprint density at radius 1 is 1.36 bits per heavy atom.